The first kappa shape index (κ1) is 20.9. The Labute approximate surface area is 173 Å². The minimum Gasteiger partial charge on any atom is -0.494 e. The highest BCUT2D eigenvalue weighted by molar-refractivity contribution is 5.94. The molecule has 0 aliphatic carbocycles. The third-order valence-electron chi connectivity index (χ3n) is 5.69. The molecule has 0 radical (unpaired) electrons. The number of likely N-dealkylation sites (tertiary alicyclic amines) is 1. The summed E-state index contributed by atoms with van der Waals surface area (Å²) in [5.74, 6) is 0.835. The number of carbonyl (C=O) groups is 2. The van der Waals surface area contributed by atoms with Crippen LogP contribution in [0.2, 0.25) is 0 Å². The summed E-state index contributed by atoms with van der Waals surface area (Å²) in [6, 6.07) is 15.4. The monoisotopic (exact) mass is 394 g/mol. The minimum absolute atomic E-state index is 0.00941. The van der Waals surface area contributed by atoms with Gasteiger partial charge in [-0.2, -0.15) is 0 Å². The second-order valence-corrected chi connectivity index (χ2v) is 7.98. The Morgan fingerprint density at radius 1 is 1.03 bits per heavy atom. The van der Waals surface area contributed by atoms with Gasteiger partial charge >= 0.3 is 0 Å². The van der Waals surface area contributed by atoms with Gasteiger partial charge in [-0.1, -0.05) is 36.8 Å². The molecule has 154 valence electrons. The van der Waals surface area contributed by atoms with Crippen molar-refractivity contribution in [3.8, 4) is 5.75 Å². The second-order valence-electron chi connectivity index (χ2n) is 7.98. The van der Waals surface area contributed by atoms with Crippen LogP contribution < -0.4 is 10.1 Å². The molecule has 0 atom stereocenters. The third-order valence-corrected chi connectivity index (χ3v) is 5.69. The highest BCUT2D eigenvalue weighted by Crippen LogP contribution is 2.32. The van der Waals surface area contributed by atoms with Crippen LogP contribution in [0.15, 0.2) is 48.5 Å². The molecule has 2 aromatic rings. The van der Waals surface area contributed by atoms with Crippen LogP contribution in [0.4, 0.5) is 0 Å². The number of benzene rings is 2. The van der Waals surface area contributed by atoms with E-state index in [-0.39, 0.29) is 11.8 Å². The number of hydrogen-bond donors (Lipinski definition) is 1. The van der Waals surface area contributed by atoms with Crippen LogP contribution in [0.5, 0.6) is 5.75 Å². The summed E-state index contributed by atoms with van der Waals surface area (Å²) in [6.45, 7) is 8.28. The number of aryl methyl sites for hydroxylation is 1. The molecule has 2 aromatic carbocycles. The standard InChI is InChI=1S/C24H30N2O3/c1-4-29-21-11-9-20(10-12-21)22(27)26-15-13-24(3,14-16-26)23(28)25-17-19-7-5-18(2)6-8-19/h5-12H,4,13-17H2,1-3H3,(H,25,28). The lowest BCUT2D eigenvalue weighted by molar-refractivity contribution is -0.132. The molecule has 1 aliphatic heterocycles. The van der Waals surface area contributed by atoms with Gasteiger partial charge in [0.2, 0.25) is 5.91 Å². The lowest BCUT2D eigenvalue weighted by Gasteiger charge is -2.38. The van der Waals surface area contributed by atoms with E-state index in [0.29, 0.717) is 44.6 Å². The first-order chi connectivity index (χ1) is 13.9. The predicted molar refractivity (Wildman–Crippen MR) is 114 cm³/mol. The van der Waals surface area contributed by atoms with Crippen LogP contribution in [-0.4, -0.2) is 36.4 Å². The third kappa shape index (κ3) is 5.17. The summed E-state index contributed by atoms with van der Waals surface area (Å²) < 4.78 is 5.43. The van der Waals surface area contributed by atoms with Crippen LogP contribution in [0.25, 0.3) is 0 Å². The van der Waals surface area contributed by atoms with Gasteiger partial charge in [-0.25, -0.2) is 0 Å². The van der Waals surface area contributed by atoms with Gasteiger partial charge in [0.15, 0.2) is 0 Å². The zero-order valence-electron chi connectivity index (χ0n) is 17.5. The molecular weight excluding hydrogens is 364 g/mol. The normalized spacial score (nSPS) is 15.6. The summed E-state index contributed by atoms with van der Waals surface area (Å²) in [5.41, 5.74) is 2.51. The molecule has 3 rings (SSSR count). The number of amides is 2. The van der Waals surface area contributed by atoms with Crippen molar-refractivity contribution in [2.24, 2.45) is 5.41 Å². The lowest BCUT2D eigenvalue weighted by atomic mass is 9.79. The van der Waals surface area contributed by atoms with E-state index >= 15 is 0 Å². The van der Waals surface area contributed by atoms with Crippen LogP contribution >= 0.6 is 0 Å². The van der Waals surface area contributed by atoms with Gasteiger partial charge in [0.05, 0.1) is 6.61 Å². The average molecular weight is 395 g/mol. The van der Waals surface area contributed by atoms with Crippen molar-refractivity contribution in [3.63, 3.8) is 0 Å². The fraction of sp³-hybridized carbons (Fsp3) is 0.417. The van der Waals surface area contributed by atoms with Crippen molar-refractivity contribution in [2.45, 2.75) is 40.2 Å². The molecule has 0 unspecified atom stereocenters. The van der Waals surface area contributed by atoms with Crippen LogP contribution in [-0.2, 0) is 11.3 Å². The maximum absolute atomic E-state index is 12.8. The number of nitrogens with one attached hydrogen (secondary N) is 1. The fourth-order valence-electron chi connectivity index (χ4n) is 3.58. The Hall–Kier alpha value is -2.82. The van der Waals surface area contributed by atoms with Crippen molar-refractivity contribution >= 4 is 11.8 Å². The molecule has 5 heteroatoms. The molecule has 5 nitrogen and oxygen atoms in total. The van der Waals surface area contributed by atoms with E-state index in [4.69, 9.17) is 4.74 Å². The first-order valence-electron chi connectivity index (χ1n) is 10.3. The van der Waals surface area contributed by atoms with Crippen LogP contribution in [0, 0.1) is 12.3 Å². The summed E-state index contributed by atoms with van der Waals surface area (Å²) in [5, 5.41) is 3.07. The van der Waals surface area contributed by atoms with Gasteiger partial charge in [0.25, 0.3) is 5.91 Å². The maximum Gasteiger partial charge on any atom is 0.253 e. The Morgan fingerprint density at radius 2 is 1.66 bits per heavy atom. The summed E-state index contributed by atoms with van der Waals surface area (Å²) >= 11 is 0. The van der Waals surface area contributed by atoms with Gasteiger partial charge < -0.3 is 15.0 Å². The Balaban J connectivity index is 1.53. The van der Waals surface area contributed by atoms with Crippen molar-refractivity contribution in [3.05, 3.63) is 65.2 Å². The largest absolute Gasteiger partial charge is 0.494 e. The lowest BCUT2D eigenvalue weighted by Crippen LogP contribution is -2.48. The smallest absolute Gasteiger partial charge is 0.253 e. The zero-order valence-corrected chi connectivity index (χ0v) is 17.5. The van der Waals surface area contributed by atoms with Gasteiger partial charge in [-0.3, -0.25) is 9.59 Å². The fourth-order valence-corrected chi connectivity index (χ4v) is 3.58. The van der Waals surface area contributed by atoms with Gasteiger partial charge in [0.1, 0.15) is 5.75 Å². The number of ether oxygens (including phenoxy) is 1. The molecule has 1 fully saturated rings. The molecule has 0 spiro atoms. The molecular formula is C24H30N2O3. The van der Waals surface area contributed by atoms with Crippen molar-refractivity contribution in [1.82, 2.24) is 10.2 Å². The summed E-state index contributed by atoms with van der Waals surface area (Å²) in [4.78, 5) is 27.4. The number of carbonyl (C=O) groups excluding carboxylic acids is 2. The second kappa shape index (κ2) is 9.12. The number of rotatable bonds is 6. The topological polar surface area (TPSA) is 58.6 Å². The summed E-state index contributed by atoms with van der Waals surface area (Å²) in [6.07, 6.45) is 1.32. The molecule has 2 amide bonds. The summed E-state index contributed by atoms with van der Waals surface area (Å²) in [7, 11) is 0. The van der Waals surface area contributed by atoms with Gasteiger partial charge in [-0.15, -0.1) is 0 Å². The Morgan fingerprint density at radius 3 is 2.24 bits per heavy atom. The molecule has 1 heterocycles. The highest BCUT2D eigenvalue weighted by atomic mass is 16.5. The van der Waals surface area contributed by atoms with E-state index < -0.39 is 5.41 Å². The van der Waals surface area contributed by atoms with Gasteiger partial charge in [0, 0.05) is 30.6 Å². The van der Waals surface area contributed by atoms with E-state index in [1.54, 1.807) is 12.1 Å². The van der Waals surface area contributed by atoms with E-state index in [1.165, 1.54) is 5.56 Å². The van der Waals surface area contributed by atoms with E-state index in [9.17, 15) is 9.59 Å². The van der Waals surface area contributed by atoms with Crippen LogP contribution in [0.1, 0.15) is 48.2 Å². The SMILES string of the molecule is CCOc1ccc(C(=O)N2CCC(C)(C(=O)NCc3ccc(C)cc3)CC2)cc1. The molecule has 29 heavy (non-hydrogen) atoms. The molecule has 1 aliphatic rings. The Kier molecular flexibility index (Phi) is 6.57. The van der Waals surface area contributed by atoms with Crippen molar-refractivity contribution < 1.29 is 14.3 Å². The van der Waals surface area contributed by atoms with E-state index in [1.807, 2.05) is 62.1 Å². The molecule has 0 aromatic heterocycles. The van der Waals surface area contributed by atoms with Crippen LogP contribution in [0.3, 0.4) is 0 Å². The zero-order chi connectivity index (χ0) is 20.9. The molecule has 1 saturated heterocycles. The molecule has 1 N–H and O–H groups in total. The highest BCUT2D eigenvalue weighted by Gasteiger charge is 2.38. The molecule has 0 saturated carbocycles. The minimum atomic E-state index is -0.444. The van der Waals surface area contributed by atoms with Crippen molar-refractivity contribution in [2.75, 3.05) is 19.7 Å². The average Bonchev–Trinajstić information content (AvgIpc) is 2.74. The Bertz CT molecular complexity index is 835. The number of piperidine rings is 1. The van der Waals surface area contributed by atoms with E-state index in [2.05, 4.69) is 5.32 Å². The predicted octanol–water partition coefficient (Wildman–Crippen LogP) is 3.95. The first-order valence-corrected chi connectivity index (χ1v) is 10.3. The quantitative estimate of drug-likeness (QED) is 0.807. The number of nitrogens with zero attached hydrogens (tertiary/aromatic N) is 1. The van der Waals surface area contributed by atoms with Gasteiger partial charge in [-0.05, 0) is 56.5 Å². The number of hydrogen-bond acceptors (Lipinski definition) is 3. The maximum atomic E-state index is 12.8. The van der Waals surface area contributed by atoms with E-state index in [0.717, 1.165) is 11.3 Å². The van der Waals surface area contributed by atoms with Crippen molar-refractivity contribution in [1.29, 1.82) is 0 Å². The molecule has 0 bridgehead atoms.